The summed E-state index contributed by atoms with van der Waals surface area (Å²) in [5.74, 6) is -0.0186. The van der Waals surface area contributed by atoms with Gasteiger partial charge < -0.3 is 20.1 Å². The molecule has 2 saturated heterocycles. The van der Waals surface area contributed by atoms with Crippen LogP contribution in [-0.2, 0) is 20.9 Å². The number of aliphatic hydroxyl groups is 1. The molecule has 0 aliphatic carbocycles. The van der Waals surface area contributed by atoms with Crippen LogP contribution in [0.5, 0.6) is 0 Å². The van der Waals surface area contributed by atoms with Crippen molar-refractivity contribution in [2.75, 3.05) is 13.2 Å². The average molecular weight is 374 g/mol. The number of ether oxygens (including phenoxy) is 1. The van der Waals surface area contributed by atoms with Gasteiger partial charge in [-0.05, 0) is 25.3 Å². The zero-order chi connectivity index (χ0) is 19.3. The molecule has 2 fully saturated rings. The van der Waals surface area contributed by atoms with Crippen molar-refractivity contribution in [3.63, 3.8) is 0 Å². The molecule has 2 aliphatic heterocycles. The second-order valence-corrected chi connectivity index (χ2v) is 7.82. The topological polar surface area (TPSA) is 78.9 Å². The molecule has 0 aromatic heterocycles. The first-order valence-electron chi connectivity index (χ1n) is 9.91. The van der Waals surface area contributed by atoms with E-state index in [0.29, 0.717) is 26.0 Å². The minimum absolute atomic E-state index is 0.0244. The van der Waals surface area contributed by atoms with Crippen LogP contribution >= 0.6 is 0 Å². The third kappa shape index (κ3) is 5.30. The van der Waals surface area contributed by atoms with Gasteiger partial charge in [0.25, 0.3) is 0 Å². The van der Waals surface area contributed by atoms with Gasteiger partial charge in [0.05, 0.1) is 12.6 Å². The van der Waals surface area contributed by atoms with Gasteiger partial charge in [-0.15, -0.1) is 0 Å². The quantitative estimate of drug-likeness (QED) is 0.798. The summed E-state index contributed by atoms with van der Waals surface area (Å²) in [6.45, 7) is 3.03. The SMILES string of the molecule is CC1OCCC1(O)CN(Cc1ccccc1)C(=O)CC1CCCCC(=O)N1. The maximum atomic E-state index is 13.1. The molecule has 2 heterocycles. The maximum Gasteiger partial charge on any atom is 0.225 e. The molecule has 6 heteroatoms. The van der Waals surface area contributed by atoms with Gasteiger partial charge in [0.2, 0.25) is 11.8 Å². The Morgan fingerprint density at radius 3 is 2.81 bits per heavy atom. The van der Waals surface area contributed by atoms with Crippen LogP contribution in [0.25, 0.3) is 0 Å². The Kier molecular flexibility index (Phi) is 6.50. The maximum absolute atomic E-state index is 13.1. The highest BCUT2D eigenvalue weighted by Crippen LogP contribution is 2.28. The van der Waals surface area contributed by atoms with Crippen LogP contribution in [0.3, 0.4) is 0 Å². The smallest absolute Gasteiger partial charge is 0.225 e. The molecule has 3 atom stereocenters. The number of amides is 2. The Hall–Kier alpha value is -1.92. The number of nitrogens with zero attached hydrogens (tertiary/aromatic N) is 1. The molecule has 0 radical (unpaired) electrons. The lowest BCUT2D eigenvalue weighted by Crippen LogP contribution is -2.50. The summed E-state index contributed by atoms with van der Waals surface area (Å²) >= 11 is 0. The van der Waals surface area contributed by atoms with E-state index in [9.17, 15) is 14.7 Å². The fourth-order valence-electron chi connectivity index (χ4n) is 3.89. The molecular formula is C21H30N2O4. The molecular weight excluding hydrogens is 344 g/mol. The average Bonchev–Trinajstić information content (AvgIpc) is 2.84. The highest BCUT2D eigenvalue weighted by atomic mass is 16.5. The highest BCUT2D eigenvalue weighted by Gasteiger charge is 2.42. The van der Waals surface area contributed by atoms with E-state index < -0.39 is 5.60 Å². The van der Waals surface area contributed by atoms with Crippen LogP contribution < -0.4 is 5.32 Å². The van der Waals surface area contributed by atoms with Crippen LogP contribution in [-0.4, -0.2) is 52.7 Å². The first-order valence-corrected chi connectivity index (χ1v) is 9.91. The Balaban J connectivity index is 1.71. The third-order valence-corrected chi connectivity index (χ3v) is 5.69. The molecule has 0 spiro atoms. The lowest BCUT2D eigenvalue weighted by molar-refractivity contribution is -0.138. The summed E-state index contributed by atoms with van der Waals surface area (Å²) in [6.07, 6.45) is 3.66. The molecule has 0 bridgehead atoms. The number of hydrogen-bond donors (Lipinski definition) is 2. The summed E-state index contributed by atoms with van der Waals surface area (Å²) in [5, 5.41) is 13.9. The molecule has 6 nitrogen and oxygen atoms in total. The first kappa shape index (κ1) is 19.8. The fourth-order valence-corrected chi connectivity index (χ4v) is 3.89. The van der Waals surface area contributed by atoms with Crippen molar-refractivity contribution in [1.82, 2.24) is 10.2 Å². The lowest BCUT2D eigenvalue weighted by atomic mass is 9.95. The second-order valence-electron chi connectivity index (χ2n) is 7.82. The van der Waals surface area contributed by atoms with Crippen LogP contribution in [0.1, 0.15) is 51.0 Å². The Morgan fingerprint density at radius 2 is 2.11 bits per heavy atom. The van der Waals surface area contributed by atoms with Gasteiger partial charge >= 0.3 is 0 Å². The molecule has 1 aromatic carbocycles. The Morgan fingerprint density at radius 1 is 1.33 bits per heavy atom. The van der Waals surface area contributed by atoms with E-state index in [4.69, 9.17) is 4.74 Å². The first-order chi connectivity index (χ1) is 13.0. The van der Waals surface area contributed by atoms with E-state index in [1.807, 2.05) is 37.3 Å². The van der Waals surface area contributed by atoms with Crippen LogP contribution in [0.15, 0.2) is 30.3 Å². The molecule has 3 rings (SSSR count). The van der Waals surface area contributed by atoms with E-state index in [2.05, 4.69) is 5.32 Å². The van der Waals surface area contributed by atoms with Crippen molar-refractivity contribution in [2.45, 2.75) is 69.7 Å². The number of nitrogens with one attached hydrogen (secondary N) is 1. The number of carbonyl (C=O) groups is 2. The van der Waals surface area contributed by atoms with Crippen molar-refractivity contribution < 1.29 is 19.4 Å². The van der Waals surface area contributed by atoms with Crippen molar-refractivity contribution in [3.8, 4) is 0 Å². The lowest BCUT2D eigenvalue weighted by Gasteiger charge is -2.34. The molecule has 0 saturated carbocycles. The second kappa shape index (κ2) is 8.85. The van der Waals surface area contributed by atoms with Crippen molar-refractivity contribution in [1.29, 1.82) is 0 Å². The Bertz CT molecular complexity index is 651. The monoisotopic (exact) mass is 374 g/mol. The minimum Gasteiger partial charge on any atom is -0.385 e. The summed E-state index contributed by atoms with van der Waals surface area (Å²) in [7, 11) is 0. The van der Waals surface area contributed by atoms with Gasteiger partial charge in [-0.3, -0.25) is 9.59 Å². The molecule has 27 heavy (non-hydrogen) atoms. The van der Waals surface area contributed by atoms with Gasteiger partial charge in [0.1, 0.15) is 5.60 Å². The van der Waals surface area contributed by atoms with Gasteiger partial charge in [-0.1, -0.05) is 36.8 Å². The van der Waals surface area contributed by atoms with Gasteiger partial charge in [-0.2, -0.15) is 0 Å². The highest BCUT2D eigenvalue weighted by molar-refractivity contribution is 5.80. The van der Waals surface area contributed by atoms with E-state index in [1.54, 1.807) is 4.90 Å². The summed E-state index contributed by atoms with van der Waals surface area (Å²) in [4.78, 5) is 26.6. The number of rotatable bonds is 6. The predicted octanol–water partition coefficient (Wildman–Crippen LogP) is 2.00. The largest absolute Gasteiger partial charge is 0.385 e. The molecule has 2 amide bonds. The van der Waals surface area contributed by atoms with E-state index in [0.717, 1.165) is 24.8 Å². The van der Waals surface area contributed by atoms with E-state index in [1.165, 1.54) is 0 Å². The normalized spacial score (nSPS) is 28.4. The Labute approximate surface area is 160 Å². The minimum atomic E-state index is -1.03. The summed E-state index contributed by atoms with van der Waals surface area (Å²) in [6, 6.07) is 9.66. The summed E-state index contributed by atoms with van der Waals surface area (Å²) in [5.41, 5.74) is -0.0112. The van der Waals surface area contributed by atoms with Crippen molar-refractivity contribution in [3.05, 3.63) is 35.9 Å². The third-order valence-electron chi connectivity index (χ3n) is 5.69. The molecule has 3 unspecified atom stereocenters. The summed E-state index contributed by atoms with van der Waals surface area (Å²) < 4.78 is 5.53. The fraction of sp³-hybridized carbons (Fsp3) is 0.619. The van der Waals surface area contributed by atoms with Crippen LogP contribution in [0, 0.1) is 0 Å². The number of benzene rings is 1. The van der Waals surface area contributed by atoms with Crippen molar-refractivity contribution in [2.24, 2.45) is 0 Å². The van der Waals surface area contributed by atoms with Gasteiger partial charge in [0.15, 0.2) is 0 Å². The van der Waals surface area contributed by atoms with Crippen molar-refractivity contribution >= 4 is 11.8 Å². The zero-order valence-electron chi connectivity index (χ0n) is 16.0. The molecule has 2 N–H and O–H groups in total. The standard InChI is InChI=1S/C21H30N2O4/c1-16-21(26,11-12-27-16)15-23(14-17-7-3-2-4-8-17)20(25)13-18-9-5-6-10-19(24)22-18/h2-4,7-8,16,18,26H,5-6,9-15H2,1H3,(H,22,24). The predicted molar refractivity (Wildman–Crippen MR) is 102 cm³/mol. The molecule has 2 aliphatic rings. The zero-order valence-corrected chi connectivity index (χ0v) is 16.0. The molecule has 148 valence electrons. The van der Waals surface area contributed by atoms with E-state index >= 15 is 0 Å². The van der Waals surface area contributed by atoms with E-state index in [-0.39, 0.29) is 36.9 Å². The van der Waals surface area contributed by atoms with Gasteiger partial charge in [0, 0.05) is 38.5 Å². The van der Waals surface area contributed by atoms with Crippen LogP contribution in [0.4, 0.5) is 0 Å². The number of carbonyl (C=O) groups excluding carboxylic acids is 2. The van der Waals surface area contributed by atoms with Crippen LogP contribution in [0.2, 0.25) is 0 Å². The molecule has 1 aromatic rings. The van der Waals surface area contributed by atoms with Gasteiger partial charge in [-0.25, -0.2) is 0 Å². The number of hydrogen-bond acceptors (Lipinski definition) is 4.